The first-order chi connectivity index (χ1) is 11.2. The Morgan fingerprint density at radius 1 is 1.30 bits per heavy atom. The SMILES string of the molecule is CCOC(=O)[C@]1(c2cccs2)Nc2c(ccc3cc[nH]c23)C1=O. The lowest BCUT2D eigenvalue weighted by Gasteiger charge is -2.24. The van der Waals surface area contributed by atoms with Crippen molar-refractivity contribution in [2.45, 2.75) is 12.5 Å². The molecule has 0 amide bonds. The van der Waals surface area contributed by atoms with Crippen molar-refractivity contribution in [3.05, 3.63) is 52.3 Å². The first-order valence-corrected chi connectivity index (χ1v) is 8.20. The van der Waals surface area contributed by atoms with Gasteiger partial charge in [-0.15, -0.1) is 11.3 Å². The minimum atomic E-state index is -1.49. The fraction of sp³-hybridized carbons (Fsp3) is 0.176. The number of ether oxygens (including phenoxy) is 1. The van der Waals surface area contributed by atoms with Crippen LogP contribution in [-0.4, -0.2) is 23.3 Å². The van der Waals surface area contributed by atoms with Gasteiger partial charge in [-0.05, 0) is 30.5 Å². The third-order valence-corrected chi connectivity index (χ3v) is 5.09. The van der Waals surface area contributed by atoms with Crippen LogP contribution in [0.15, 0.2) is 41.9 Å². The van der Waals surface area contributed by atoms with Gasteiger partial charge in [0.1, 0.15) is 0 Å². The number of Topliss-reactive ketones (excluding diaryl/α,β-unsaturated/α-hetero) is 1. The molecule has 0 radical (unpaired) electrons. The summed E-state index contributed by atoms with van der Waals surface area (Å²) in [7, 11) is 0. The Morgan fingerprint density at radius 3 is 2.91 bits per heavy atom. The standard InChI is InChI=1S/C17H14N2O3S/c1-2-22-16(21)17(12-4-3-9-23-12)15(20)11-6-5-10-7-8-18-13(10)14(11)19-17/h3-9,18-19H,2H2,1H3/t17-/m1/s1. The number of ketones is 1. The summed E-state index contributed by atoms with van der Waals surface area (Å²) in [6.07, 6.45) is 1.81. The summed E-state index contributed by atoms with van der Waals surface area (Å²) in [6, 6.07) is 9.17. The van der Waals surface area contributed by atoms with E-state index < -0.39 is 11.5 Å². The molecule has 1 aliphatic rings. The predicted octanol–water partition coefficient (Wildman–Crippen LogP) is 3.30. The minimum Gasteiger partial charge on any atom is -0.464 e. The molecule has 0 fully saturated rings. The molecule has 2 aromatic heterocycles. The van der Waals surface area contributed by atoms with E-state index in [2.05, 4.69) is 10.3 Å². The molecule has 116 valence electrons. The number of aromatic nitrogens is 1. The van der Waals surface area contributed by atoms with Crippen molar-refractivity contribution in [1.29, 1.82) is 0 Å². The molecule has 23 heavy (non-hydrogen) atoms. The predicted molar refractivity (Wildman–Crippen MR) is 88.9 cm³/mol. The Labute approximate surface area is 136 Å². The number of aromatic amines is 1. The molecule has 0 bridgehead atoms. The summed E-state index contributed by atoms with van der Waals surface area (Å²) in [5.74, 6) is -0.840. The molecular formula is C17H14N2O3S. The second kappa shape index (κ2) is 4.96. The van der Waals surface area contributed by atoms with Gasteiger partial charge in [-0.3, -0.25) is 4.79 Å². The highest BCUT2D eigenvalue weighted by Gasteiger charge is 2.55. The molecule has 4 rings (SSSR count). The fourth-order valence-electron chi connectivity index (χ4n) is 3.04. The van der Waals surface area contributed by atoms with E-state index in [1.807, 2.05) is 29.8 Å². The van der Waals surface area contributed by atoms with Gasteiger partial charge in [0.15, 0.2) is 0 Å². The molecule has 0 aliphatic carbocycles. The number of H-pyrrole nitrogens is 1. The largest absolute Gasteiger partial charge is 0.464 e. The second-order valence-corrected chi connectivity index (χ2v) is 6.28. The lowest BCUT2D eigenvalue weighted by molar-refractivity contribution is -0.146. The maximum atomic E-state index is 13.1. The van der Waals surface area contributed by atoms with Gasteiger partial charge in [-0.25, -0.2) is 4.79 Å². The molecule has 5 nitrogen and oxygen atoms in total. The molecule has 1 atom stereocenters. The molecule has 0 saturated carbocycles. The van der Waals surface area contributed by atoms with Gasteiger partial charge in [0.25, 0.3) is 0 Å². The lowest BCUT2D eigenvalue weighted by Crippen LogP contribution is -2.47. The summed E-state index contributed by atoms with van der Waals surface area (Å²) >= 11 is 1.36. The summed E-state index contributed by atoms with van der Waals surface area (Å²) in [5.41, 5.74) is 0.477. The zero-order valence-electron chi connectivity index (χ0n) is 12.4. The molecule has 0 unspecified atom stereocenters. The van der Waals surface area contributed by atoms with Gasteiger partial charge < -0.3 is 15.0 Å². The third kappa shape index (κ3) is 1.78. The molecular weight excluding hydrogens is 312 g/mol. The van der Waals surface area contributed by atoms with Crippen LogP contribution in [0.3, 0.4) is 0 Å². The average molecular weight is 326 g/mol. The number of rotatable bonds is 3. The Hall–Kier alpha value is -2.60. The van der Waals surface area contributed by atoms with Gasteiger partial charge in [0.2, 0.25) is 11.3 Å². The Balaban J connectivity index is 1.95. The van der Waals surface area contributed by atoms with Crippen LogP contribution in [0.1, 0.15) is 22.2 Å². The Morgan fingerprint density at radius 2 is 2.17 bits per heavy atom. The van der Waals surface area contributed by atoms with Crippen molar-refractivity contribution in [2.75, 3.05) is 11.9 Å². The topological polar surface area (TPSA) is 71.2 Å². The number of esters is 1. The molecule has 2 N–H and O–H groups in total. The van der Waals surface area contributed by atoms with Crippen LogP contribution >= 0.6 is 11.3 Å². The normalized spacial score (nSPS) is 19.6. The first kappa shape index (κ1) is 14.0. The molecule has 0 spiro atoms. The number of anilines is 1. The van der Waals surface area contributed by atoms with Crippen molar-refractivity contribution in [3.8, 4) is 0 Å². The smallest absolute Gasteiger partial charge is 0.345 e. The van der Waals surface area contributed by atoms with E-state index in [9.17, 15) is 9.59 Å². The highest BCUT2D eigenvalue weighted by Crippen LogP contribution is 2.44. The second-order valence-electron chi connectivity index (χ2n) is 5.33. The number of thiophene rings is 1. The number of benzene rings is 1. The molecule has 0 saturated heterocycles. The van der Waals surface area contributed by atoms with Gasteiger partial charge in [0, 0.05) is 22.0 Å². The Kier molecular flexibility index (Phi) is 3.02. The zero-order chi connectivity index (χ0) is 16.0. The summed E-state index contributed by atoms with van der Waals surface area (Å²) in [4.78, 5) is 29.6. The van der Waals surface area contributed by atoms with E-state index in [1.165, 1.54) is 11.3 Å². The lowest BCUT2D eigenvalue weighted by atomic mass is 9.91. The maximum Gasteiger partial charge on any atom is 0.345 e. The van der Waals surface area contributed by atoms with E-state index in [0.717, 1.165) is 10.9 Å². The molecule has 1 aliphatic heterocycles. The average Bonchev–Trinajstić information content (AvgIpc) is 3.26. The zero-order valence-corrected chi connectivity index (χ0v) is 13.2. The van der Waals surface area contributed by atoms with Gasteiger partial charge >= 0.3 is 5.97 Å². The maximum absolute atomic E-state index is 13.1. The van der Waals surface area contributed by atoms with Crippen molar-refractivity contribution < 1.29 is 14.3 Å². The monoisotopic (exact) mass is 326 g/mol. The number of hydrogen-bond acceptors (Lipinski definition) is 5. The Bertz CT molecular complexity index is 913. The van der Waals surface area contributed by atoms with Crippen molar-refractivity contribution in [1.82, 2.24) is 4.98 Å². The third-order valence-electron chi connectivity index (χ3n) is 4.10. The van der Waals surface area contributed by atoms with Crippen LogP contribution in [0.4, 0.5) is 5.69 Å². The number of carbonyl (C=O) groups is 2. The van der Waals surface area contributed by atoms with Crippen molar-refractivity contribution in [3.63, 3.8) is 0 Å². The van der Waals surface area contributed by atoms with E-state index >= 15 is 0 Å². The van der Waals surface area contributed by atoms with E-state index in [1.54, 1.807) is 19.1 Å². The van der Waals surface area contributed by atoms with Gasteiger partial charge in [0.05, 0.1) is 17.8 Å². The van der Waals surface area contributed by atoms with Gasteiger partial charge in [-0.1, -0.05) is 12.1 Å². The van der Waals surface area contributed by atoms with Crippen molar-refractivity contribution >= 4 is 39.7 Å². The van der Waals surface area contributed by atoms with Crippen LogP contribution < -0.4 is 5.32 Å². The van der Waals surface area contributed by atoms with E-state index in [0.29, 0.717) is 16.1 Å². The van der Waals surface area contributed by atoms with Crippen LogP contribution in [0, 0.1) is 0 Å². The van der Waals surface area contributed by atoms with Crippen LogP contribution in [0.2, 0.25) is 0 Å². The van der Waals surface area contributed by atoms with Crippen LogP contribution in [0.5, 0.6) is 0 Å². The number of carbonyl (C=O) groups excluding carboxylic acids is 2. The quantitative estimate of drug-likeness (QED) is 0.572. The summed E-state index contributed by atoms with van der Waals surface area (Å²) in [6.45, 7) is 1.95. The fourth-order valence-corrected chi connectivity index (χ4v) is 3.91. The highest BCUT2D eigenvalue weighted by atomic mass is 32.1. The van der Waals surface area contributed by atoms with Crippen molar-refractivity contribution in [2.24, 2.45) is 0 Å². The number of hydrogen-bond donors (Lipinski definition) is 2. The van der Waals surface area contributed by atoms with E-state index in [4.69, 9.17) is 4.74 Å². The minimum absolute atomic E-state index is 0.217. The summed E-state index contributed by atoms with van der Waals surface area (Å²) < 4.78 is 5.22. The van der Waals surface area contributed by atoms with Crippen LogP contribution in [-0.2, 0) is 15.1 Å². The molecule has 3 aromatic rings. The molecule has 6 heteroatoms. The van der Waals surface area contributed by atoms with E-state index in [-0.39, 0.29) is 12.4 Å². The van der Waals surface area contributed by atoms with Crippen LogP contribution in [0.25, 0.3) is 10.9 Å². The summed E-state index contributed by atoms with van der Waals surface area (Å²) in [5, 5.41) is 6.00. The van der Waals surface area contributed by atoms with Gasteiger partial charge in [-0.2, -0.15) is 0 Å². The molecule has 1 aromatic carbocycles. The molecule has 3 heterocycles. The highest BCUT2D eigenvalue weighted by molar-refractivity contribution is 7.10. The number of nitrogens with one attached hydrogen (secondary N) is 2. The first-order valence-electron chi connectivity index (χ1n) is 7.32. The number of fused-ring (bicyclic) bond motifs is 3.